The average molecular weight is 261 g/mol. The van der Waals surface area contributed by atoms with E-state index in [4.69, 9.17) is 0 Å². The maximum Gasteiger partial charge on any atom is 0.223 e. The first-order chi connectivity index (χ1) is 9.15. The quantitative estimate of drug-likeness (QED) is 0.861. The van der Waals surface area contributed by atoms with Crippen molar-refractivity contribution in [2.45, 2.75) is 31.9 Å². The van der Waals surface area contributed by atoms with Gasteiger partial charge in [0.15, 0.2) is 0 Å². The van der Waals surface area contributed by atoms with Gasteiger partial charge in [0.25, 0.3) is 0 Å². The van der Waals surface area contributed by atoms with Gasteiger partial charge in [-0.25, -0.2) is 0 Å². The number of piperazine rings is 1. The van der Waals surface area contributed by atoms with Crippen molar-refractivity contribution in [2.24, 2.45) is 0 Å². The Hall–Kier alpha value is -1.62. The minimum absolute atomic E-state index is 0.298. The van der Waals surface area contributed by atoms with E-state index < -0.39 is 6.10 Å². The number of hydrogen-bond acceptors (Lipinski definition) is 4. The zero-order valence-electron chi connectivity index (χ0n) is 11.1. The number of nitrogens with zero attached hydrogens (tertiary/aromatic N) is 3. The highest BCUT2D eigenvalue weighted by Crippen LogP contribution is 2.26. The standard InChI is InChI=1S/C14H19N3O2/c1-10(18)13-4-2-11(8-15-13)16-6-7-17-12(9-16)3-5-14(17)19/h2,4,8,10,12,18H,3,5-7,9H2,1H3. The van der Waals surface area contributed by atoms with Crippen LogP contribution in [0.2, 0.25) is 0 Å². The lowest BCUT2D eigenvalue weighted by Gasteiger charge is -2.38. The highest BCUT2D eigenvalue weighted by Gasteiger charge is 2.35. The number of hydrogen-bond donors (Lipinski definition) is 1. The van der Waals surface area contributed by atoms with Gasteiger partial charge in [-0.05, 0) is 25.5 Å². The molecule has 0 aromatic carbocycles. The van der Waals surface area contributed by atoms with Crippen LogP contribution in [0.4, 0.5) is 5.69 Å². The molecule has 2 fully saturated rings. The summed E-state index contributed by atoms with van der Waals surface area (Å²) in [5, 5.41) is 9.46. The lowest BCUT2D eigenvalue weighted by molar-refractivity contribution is -0.129. The average Bonchev–Trinajstić information content (AvgIpc) is 2.80. The van der Waals surface area contributed by atoms with Crippen LogP contribution in [0.3, 0.4) is 0 Å². The van der Waals surface area contributed by atoms with Gasteiger partial charge in [-0.2, -0.15) is 0 Å². The van der Waals surface area contributed by atoms with Crippen molar-refractivity contribution in [3.05, 3.63) is 24.0 Å². The van der Waals surface area contributed by atoms with E-state index in [9.17, 15) is 9.90 Å². The smallest absolute Gasteiger partial charge is 0.223 e. The van der Waals surface area contributed by atoms with Crippen molar-refractivity contribution >= 4 is 11.6 Å². The fourth-order valence-corrected chi connectivity index (χ4v) is 2.93. The molecule has 2 saturated heterocycles. The van der Waals surface area contributed by atoms with Crippen molar-refractivity contribution in [2.75, 3.05) is 24.5 Å². The Kier molecular flexibility index (Phi) is 3.14. The topological polar surface area (TPSA) is 56.7 Å². The number of pyridine rings is 1. The Balaban J connectivity index is 1.71. The Bertz CT molecular complexity index is 472. The largest absolute Gasteiger partial charge is 0.387 e. The molecule has 5 nitrogen and oxygen atoms in total. The van der Waals surface area contributed by atoms with Gasteiger partial charge in [-0.3, -0.25) is 9.78 Å². The molecule has 0 spiro atoms. The number of anilines is 1. The summed E-state index contributed by atoms with van der Waals surface area (Å²) in [5.41, 5.74) is 1.77. The molecule has 0 radical (unpaired) electrons. The first-order valence-electron chi connectivity index (χ1n) is 6.83. The third-order valence-electron chi connectivity index (χ3n) is 4.06. The van der Waals surface area contributed by atoms with Gasteiger partial charge < -0.3 is 14.9 Å². The Morgan fingerprint density at radius 2 is 2.26 bits per heavy atom. The van der Waals surface area contributed by atoms with Crippen LogP contribution in [0.25, 0.3) is 0 Å². The first-order valence-corrected chi connectivity index (χ1v) is 6.83. The second-order valence-corrected chi connectivity index (χ2v) is 5.34. The van der Waals surface area contributed by atoms with E-state index in [1.807, 2.05) is 23.2 Å². The molecular formula is C14H19N3O2. The Labute approximate surface area is 112 Å². The number of aromatic nitrogens is 1. The van der Waals surface area contributed by atoms with Crippen LogP contribution in [0.1, 0.15) is 31.6 Å². The number of carbonyl (C=O) groups is 1. The first kappa shape index (κ1) is 12.4. The van der Waals surface area contributed by atoms with Crippen molar-refractivity contribution in [1.29, 1.82) is 0 Å². The number of amides is 1. The van der Waals surface area contributed by atoms with Gasteiger partial charge in [-0.1, -0.05) is 0 Å². The van der Waals surface area contributed by atoms with Crippen LogP contribution in [-0.4, -0.2) is 46.6 Å². The maximum absolute atomic E-state index is 11.6. The highest BCUT2D eigenvalue weighted by atomic mass is 16.3. The lowest BCUT2D eigenvalue weighted by Crippen LogP contribution is -2.51. The predicted octanol–water partition coefficient (Wildman–Crippen LogP) is 0.946. The molecule has 3 heterocycles. The summed E-state index contributed by atoms with van der Waals surface area (Å²) in [6.07, 6.45) is 2.94. The van der Waals surface area contributed by atoms with Gasteiger partial charge in [0.2, 0.25) is 5.91 Å². The molecule has 0 aliphatic carbocycles. The van der Waals surface area contributed by atoms with E-state index in [0.29, 0.717) is 24.1 Å². The molecule has 3 rings (SSSR count). The van der Waals surface area contributed by atoms with E-state index in [0.717, 1.165) is 31.7 Å². The van der Waals surface area contributed by atoms with Crippen LogP contribution < -0.4 is 4.90 Å². The summed E-state index contributed by atoms with van der Waals surface area (Å²) in [5.74, 6) is 0.298. The SMILES string of the molecule is CC(O)c1ccc(N2CCN3C(=O)CCC3C2)cn1. The summed E-state index contributed by atoms with van der Waals surface area (Å²) in [6, 6.07) is 4.23. The van der Waals surface area contributed by atoms with Crippen LogP contribution in [0.15, 0.2) is 18.3 Å². The van der Waals surface area contributed by atoms with Crippen LogP contribution in [-0.2, 0) is 4.79 Å². The molecule has 19 heavy (non-hydrogen) atoms. The zero-order valence-corrected chi connectivity index (χ0v) is 11.1. The van der Waals surface area contributed by atoms with Crippen molar-refractivity contribution in [3.63, 3.8) is 0 Å². The zero-order chi connectivity index (χ0) is 13.4. The highest BCUT2D eigenvalue weighted by molar-refractivity contribution is 5.79. The maximum atomic E-state index is 11.6. The monoisotopic (exact) mass is 261 g/mol. The summed E-state index contributed by atoms with van der Waals surface area (Å²) < 4.78 is 0. The van der Waals surface area contributed by atoms with Crippen molar-refractivity contribution in [1.82, 2.24) is 9.88 Å². The Morgan fingerprint density at radius 3 is 2.95 bits per heavy atom. The summed E-state index contributed by atoms with van der Waals surface area (Å²) in [6.45, 7) is 4.27. The summed E-state index contributed by atoms with van der Waals surface area (Å²) in [4.78, 5) is 20.2. The second-order valence-electron chi connectivity index (χ2n) is 5.34. The minimum Gasteiger partial charge on any atom is -0.387 e. The van der Waals surface area contributed by atoms with Crippen LogP contribution in [0, 0.1) is 0 Å². The molecule has 102 valence electrons. The minimum atomic E-state index is -0.529. The number of aliphatic hydroxyl groups is 1. The number of carbonyl (C=O) groups excluding carboxylic acids is 1. The number of aliphatic hydroxyl groups excluding tert-OH is 1. The number of fused-ring (bicyclic) bond motifs is 1. The van der Waals surface area contributed by atoms with E-state index in [1.165, 1.54) is 0 Å². The molecule has 0 bridgehead atoms. The van der Waals surface area contributed by atoms with E-state index in [1.54, 1.807) is 6.92 Å². The molecule has 1 N–H and O–H groups in total. The molecule has 5 heteroatoms. The second kappa shape index (κ2) is 4.81. The fraction of sp³-hybridized carbons (Fsp3) is 0.571. The fourth-order valence-electron chi connectivity index (χ4n) is 2.93. The van der Waals surface area contributed by atoms with Crippen molar-refractivity contribution in [3.8, 4) is 0 Å². The van der Waals surface area contributed by atoms with Crippen LogP contribution in [0.5, 0.6) is 0 Å². The molecule has 2 aliphatic heterocycles. The van der Waals surface area contributed by atoms with E-state index in [-0.39, 0.29) is 0 Å². The molecule has 2 aliphatic rings. The normalized spacial score (nSPS) is 24.5. The Morgan fingerprint density at radius 1 is 1.42 bits per heavy atom. The van der Waals surface area contributed by atoms with Gasteiger partial charge >= 0.3 is 0 Å². The van der Waals surface area contributed by atoms with Gasteiger partial charge in [0, 0.05) is 32.1 Å². The molecule has 0 saturated carbocycles. The summed E-state index contributed by atoms with van der Waals surface area (Å²) in [7, 11) is 0. The summed E-state index contributed by atoms with van der Waals surface area (Å²) >= 11 is 0. The van der Waals surface area contributed by atoms with Gasteiger partial charge in [-0.15, -0.1) is 0 Å². The van der Waals surface area contributed by atoms with E-state index in [2.05, 4.69) is 9.88 Å². The van der Waals surface area contributed by atoms with Crippen LogP contribution >= 0.6 is 0 Å². The molecule has 1 aromatic heterocycles. The molecule has 1 amide bonds. The molecule has 2 unspecified atom stereocenters. The lowest BCUT2D eigenvalue weighted by atomic mass is 10.1. The van der Waals surface area contributed by atoms with E-state index >= 15 is 0 Å². The number of rotatable bonds is 2. The third kappa shape index (κ3) is 2.30. The predicted molar refractivity (Wildman–Crippen MR) is 71.8 cm³/mol. The molecular weight excluding hydrogens is 242 g/mol. The van der Waals surface area contributed by atoms with Gasteiger partial charge in [0.1, 0.15) is 0 Å². The molecule has 1 aromatic rings. The van der Waals surface area contributed by atoms with Gasteiger partial charge in [0.05, 0.1) is 23.7 Å². The van der Waals surface area contributed by atoms with Crippen molar-refractivity contribution < 1.29 is 9.90 Å². The third-order valence-corrected chi connectivity index (χ3v) is 4.06. The molecule has 2 atom stereocenters.